The summed E-state index contributed by atoms with van der Waals surface area (Å²) in [5.41, 5.74) is 1.58. The minimum Gasteiger partial charge on any atom is -0.353 e. The fraction of sp³-hybridized carbons (Fsp3) is 0.350. The van der Waals surface area contributed by atoms with Gasteiger partial charge in [-0.2, -0.15) is 0 Å². The zero-order valence-electron chi connectivity index (χ0n) is 14.5. The fourth-order valence-corrected chi connectivity index (χ4v) is 3.11. The molecule has 0 atom stereocenters. The third kappa shape index (κ3) is 4.88. The molecule has 0 bridgehead atoms. The Kier molecular flexibility index (Phi) is 5.94. The van der Waals surface area contributed by atoms with Gasteiger partial charge in [-0.25, -0.2) is 4.39 Å². The van der Waals surface area contributed by atoms with Crippen LogP contribution in [0.3, 0.4) is 0 Å². The third-order valence-electron chi connectivity index (χ3n) is 4.63. The number of hydrogen-bond acceptors (Lipinski definition) is 3. The van der Waals surface area contributed by atoms with Crippen LogP contribution in [0.5, 0.6) is 0 Å². The Morgan fingerprint density at radius 2 is 1.73 bits per heavy atom. The number of aromatic nitrogens is 1. The van der Waals surface area contributed by atoms with Crippen LogP contribution < -0.4 is 5.32 Å². The predicted octanol–water partition coefficient (Wildman–Crippen LogP) is 2.57. The van der Waals surface area contributed by atoms with Gasteiger partial charge in [-0.05, 0) is 49.1 Å². The van der Waals surface area contributed by atoms with Gasteiger partial charge in [0.2, 0.25) is 5.91 Å². The zero-order valence-corrected chi connectivity index (χ0v) is 14.5. The second kappa shape index (κ2) is 8.56. The highest BCUT2D eigenvalue weighted by atomic mass is 19.1. The van der Waals surface area contributed by atoms with Crippen LogP contribution in [0.15, 0.2) is 48.8 Å². The molecule has 1 aliphatic rings. The minimum absolute atomic E-state index is 0.00626. The molecule has 1 aromatic carbocycles. The summed E-state index contributed by atoms with van der Waals surface area (Å²) in [6, 6.07) is 9.73. The first-order valence-electron chi connectivity index (χ1n) is 8.85. The lowest BCUT2D eigenvalue weighted by Gasteiger charge is -2.32. The molecule has 0 saturated carbocycles. The molecule has 5 nitrogen and oxygen atoms in total. The lowest BCUT2D eigenvalue weighted by Crippen LogP contribution is -2.46. The number of benzene rings is 1. The molecule has 1 aromatic heterocycles. The normalized spacial score (nSPS) is 14.9. The zero-order chi connectivity index (χ0) is 18.4. The van der Waals surface area contributed by atoms with Crippen molar-refractivity contribution in [2.45, 2.75) is 31.7 Å². The molecular weight excluding hydrogens is 333 g/mol. The number of likely N-dealkylation sites (tertiary alicyclic amines) is 1. The van der Waals surface area contributed by atoms with Crippen molar-refractivity contribution in [2.24, 2.45) is 0 Å². The fourth-order valence-electron chi connectivity index (χ4n) is 3.11. The van der Waals surface area contributed by atoms with Crippen molar-refractivity contribution in [2.75, 3.05) is 13.1 Å². The van der Waals surface area contributed by atoms with Gasteiger partial charge < -0.3 is 10.2 Å². The summed E-state index contributed by atoms with van der Waals surface area (Å²) in [7, 11) is 0. The molecule has 0 unspecified atom stereocenters. The van der Waals surface area contributed by atoms with Gasteiger partial charge in [0.05, 0.1) is 0 Å². The van der Waals surface area contributed by atoms with Crippen molar-refractivity contribution < 1.29 is 14.0 Å². The lowest BCUT2D eigenvalue weighted by molar-refractivity contribution is -0.122. The van der Waals surface area contributed by atoms with Crippen LogP contribution in [0.1, 0.15) is 35.2 Å². The smallest absolute Gasteiger partial charge is 0.253 e. The van der Waals surface area contributed by atoms with Crippen molar-refractivity contribution >= 4 is 11.8 Å². The van der Waals surface area contributed by atoms with Crippen molar-refractivity contribution in [3.05, 3.63) is 65.7 Å². The highest BCUT2D eigenvalue weighted by Crippen LogP contribution is 2.14. The van der Waals surface area contributed by atoms with Crippen molar-refractivity contribution in [1.82, 2.24) is 15.2 Å². The maximum absolute atomic E-state index is 12.9. The van der Waals surface area contributed by atoms with Gasteiger partial charge in [-0.3, -0.25) is 14.6 Å². The molecule has 2 aromatic rings. The van der Waals surface area contributed by atoms with E-state index in [1.54, 1.807) is 36.7 Å². The Labute approximate surface area is 152 Å². The number of nitrogens with one attached hydrogen (secondary N) is 1. The SMILES string of the molecule is O=C(CCc1ccc(F)cc1)NC1CCN(C(=O)c2ccncc2)CC1. The topological polar surface area (TPSA) is 62.3 Å². The number of rotatable bonds is 5. The number of aryl methyl sites for hydroxylation is 1. The molecule has 0 spiro atoms. The highest BCUT2D eigenvalue weighted by molar-refractivity contribution is 5.94. The van der Waals surface area contributed by atoms with Crippen molar-refractivity contribution in [3.63, 3.8) is 0 Å². The van der Waals surface area contributed by atoms with Crippen LogP contribution in [0.2, 0.25) is 0 Å². The average molecular weight is 355 g/mol. The number of carbonyl (C=O) groups is 2. The first-order valence-corrected chi connectivity index (χ1v) is 8.85. The average Bonchev–Trinajstić information content (AvgIpc) is 2.68. The Balaban J connectivity index is 1.41. The summed E-state index contributed by atoms with van der Waals surface area (Å²) < 4.78 is 12.9. The monoisotopic (exact) mass is 355 g/mol. The quantitative estimate of drug-likeness (QED) is 0.897. The molecule has 1 fully saturated rings. The van der Waals surface area contributed by atoms with E-state index >= 15 is 0 Å². The summed E-state index contributed by atoms with van der Waals surface area (Å²) in [6.07, 6.45) is 5.69. The van der Waals surface area contributed by atoms with Crippen LogP contribution in [-0.4, -0.2) is 40.8 Å². The van der Waals surface area contributed by atoms with Crippen LogP contribution in [-0.2, 0) is 11.2 Å². The first kappa shape index (κ1) is 18.0. The summed E-state index contributed by atoms with van der Waals surface area (Å²) in [5.74, 6) is -0.270. The van der Waals surface area contributed by atoms with Gasteiger partial charge in [-0.15, -0.1) is 0 Å². The number of piperidine rings is 1. The van der Waals surface area contributed by atoms with Gasteiger partial charge in [0.25, 0.3) is 5.91 Å². The number of carbonyl (C=O) groups excluding carboxylic acids is 2. The maximum atomic E-state index is 12.9. The van der Waals surface area contributed by atoms with E-state index in [-0.39, 0.29) is 23.7 Å². The number of nitrogens with zero attached hydrogens (tertiary/aromatic N) is 2. The predicted molar refractivity (Wildman–Crippen MR) is 96.0 cm³/mol. The molecule has 2 amide bonds. The minimum atomic E-state index is -0.272. The standard InChI is InChI=1S/C20H22FN3O2/c21-17-4-1-15(2-5-17)3-6-19(25)23-18-9-13-24(14-10-18)20(26)16-7-11-22-12-8-16/h1-2,4-5,7-8,11-12,18H,3,6,9-10,13-14H2,(H,23,25). The van der Waals surface area contributed by atoms with E-state index in [1.807, 2.05) is 4.90 Å². The van der Waals surface area contributed by atoms with Gasteiger partial charge in [0.1, 0.15) is 5.82 Å². The molecule has 26 heavy (non-hydrogen) atoms. The molecule has 2 heterocycles. The summed E-state index contributed by atoms with van der Waals surface area (Å²) in [6.45, 7) is 1.26. The summed E-state index contributed by atoms with van der Waals surface area (Å²) in [4.78, 5) is 30.3. The van der Waals surface area contributed by atoms with Crippen LogP contribution in [0.25, 0.3) is 0 Å². The molecule has 0 aliphatic carbocycles. The van der Waals surface area contributed by atoms with Crippen LogP contribution in [0.4, 0.5) is 4.39 Å². The second-order valence-electron chi connectivity index (χ2n) is 6.50. The molecule has 1 aliphatic heterocycles. The van der Waals surface area contributed by atoms with Gasteiger partial charge >= 0.3 is 0 Å². The van der Waals surface area contributed by atoms with E-state index < -0.39 is 0 Å². The number of hydrogen-bond donors (Lipinski definition) is 1. The maximum Gasteiger partial charge on any atom is 0.253 e. The second-order valence-corrected chi connectivity index (χ2v) is 6.50. The number of pyridine rings is 1. The van der Waals surface area contributed by atoms with E-state index in [2.05, 4.69) is 10.3 Å². The molecule has 1 saturated heterocycles. The summed E-state index contributed by atoms with van der Waals surface area (Å²) in [5, 5.41) is 3.04. The van der Waals surface area contributed by atoms with Gasteiger partial charge in [-0.1, -0.05) is 12.1 Å². The highest BCUT2D eigenvalue weighted by Gasteiger charge is 2.24. The van der Waals surface area contributed by atoms with Crippen molar-refractivity contribution in [1.29, 1.82) is 0 Å². The molecule has 3 rings (SSSR count). The van der Waals surface area contributed by atoms with E-state index in [0.717, 1.165) is 18.4 Å². The Morgan fingerprint density at radius 3 is 2.38 bits per heavy atom. The number of halogens is 1. The van der Waals surface area contributed by atoms with E-state index in [4.69, 9.17) is 0 Å². The largest absolute Gasteiger partial charge is 0.353 e. The van der Waals surface area contributed by atoms with E-state index in [0.29, 0.717) is 31.5 Å². The number of amides is 2. The Hall–Kier alpha value is -2.76. The molecule has 136 valence electrons. The lowest BCUT2D eigenvalue weighted by atomic mass is 10.0. The Bertz CT molecular complexity index is 741. The third-order valence-corrected chi connectivity index (χ3v) is 4.63. The van der Waals surface area contributed by atoms with Gasteiger partial charge in [0, 0.05) is 43.5 Å². The summed E-state index contributed by atoms with van der Waals surface area (Å²) >= 11 is 0. The van der Waals surface area contributed by atoms with Crippen LogP contribution in [0, 0.1) is 5.82 Å². The van der Waals surface area contributed by atoms with Crippen LogP contribution >= 0.6 is 0 Å². The molecule has 6 heteroatoms. The Morgan fingerprint density at radius 1 is 1.08 bits per heavy atom. The first-order chi connectivity index (χ1) is 12.6. The molecule has 1 N–H and O–H groups in total. The van der Waals surface area contributed by atoms with E-state index in [1.165, 1.54) is 12.1 Å². The molecular formula is C20H22FN3O2. The van der Waals surface area contributed by atoms with E-state index in [9.17, 15) is 14.0 Å². The molecule has 0 radical (unpaired) electrons. The van der Waals surface area contributed by atoms with Gasteiger partial charge in [0.15, 0.2) is 0 Å². The van der Waals surface area contributed by atoms with Crippen molar-refractivity contribution in [3.8, 4) is 0 Å².